The van der Waals surface area contributed by atoms with Gasteiger partial charge in [-0.05, 0) is 42.7 Å². The molecule has 3 rings (SSSR count). The van der Waals surface area contributed by atoms with E-state index in [4.69, 9.17) is 23.2 Å². The predicted octanol–water partition coefficient (Wildman–Crippen LogP) is 4.44. The minimum atomic E-state index is -3.57. The highest BCUT2D eigenvalue weighted by molar-refractivity contribution is 7.98. The molecule has 9 heteroatoms. The van der Waals surface area contributed by atoms with Crippen molar-refractivity contribution in [1.82, 2.24) is 9.62 Å². The van der Waals surface area contributed by atoms with Gasteiger partial charge in [0.1, 0.15) is 0 Å². The molecule has 1 saturated heterocycles. The Kier molecular flexibility index (Phi) is 8.48. The second-order valence-electron chi connectivity index (χ2n) is 7.06. The standard InChI is InChI=1S/C21H24Cl2N2O3S2/c22-19-9-4-10-20(23)18(19)15-29-13-11-24-21(26)16-6-5-12-25(14-16)30(27,28)17-7-2-1-3-8-17/h1-4,7-10,16H,5-6,11-15H2,(H,24,26)/t16-/m1/s1. The summed E-state index contributed by atoms with van der Waals surface area (Å²) in [6.45, 7) is 1.16. The van der Waals surface area contributed by atoms with Crippen LogP contribution < -0.4 is 5.32 Å². The van der Waals surface area contributed by atoms with Gasteiger partial charge in [-0.15, -0.1) is 0 Å². The Hall–Kier alpha value is -1.25. The van der Waals surface area contributed by atoms with E-state index in [2.05, 4.69) is 5.32 Å². The number of sulfonamides is 1. The fourth-order valence-electron chi connectivity index (χ4n) is 3.35. The highest BCUT2D eigenvalue weighted by Gasteiger charge is 2.33. The fraction of sp³-hybridized carbons (Fsp3) is 0.381. The van der Waals surface area contributed by atoms with Crippen molar-refractivity contribution >= 4 is 50.9 Å². The maximum absolute atomic E-state index is 12.8. The largest absolute Gasteiger partial charge is 0.355 e. The number of benzene rings is 2. The topological polar surface area (TPSA) is 66.5 Å². The van der Waals surface area contributed by atoms with Crippen LogP contribution in [0.1, 0.15) is 18.4 Å². The lowest BCUT2D eigenvalue weighted by Gasteiger charge is -2.31. The van der Waals surface area contributed by atoms with Crippen molar-refractivity contribution in [2.75, 3.05) is 25.4 Å². The van der Waals surface area contributed by atoms with E-state index < -0.39 is 10.0 Å². The molecule has 0 saturated carbocycles. The van der Waals surface area contributed by atoms with Crippen LogP contribution in [0.15, 0.2) is 53.4 Å². The third-order valence-electron chi connectivity index (χ3n) is 4.99. The second kappa shape index (κ2) is 10.9. The normalized spacial score (nSPS) is 17.6. The molecule has 1 atom stereocenters. The number of nitrogens with one attached hydrogen (secondary N) is 1. The van der Waals surface area contributed by atoms with Gasteiger partial charge in [-0.2, -0.15) is 16.1 Å². The molecule has 1 amide bonds. The number of hydrogen-bond acceptors (Lipinski definition) is 4. The number of hydrogen-bond donors (Lipinski definition) is 1. The summed E-state index contributed by atoms with van der Waals surface area (Å²) in [7, 11) is -3.57. The van der Waals surface area contributed by atoms with Crippen molar-refractivity contribution in [2.45, 2.75) is 23.5 Å². The van der Waals surface area contributed by atoms with E-state index in [0.717, 1.165) is 5.56 Å². The summed E-state index contributed by atoms with van der Waals surface area (Å²) in [5.41, 5.74) is 0.895. The number of halogens is 2. The van der Waals surface area contributed by atoms with Crippen LogP contribution in [0.25, 0.3) is 0 Å². The molecule has 0 bridgehead atoms. The smallest absolute Gasteiger partial charge is 0.243 e. The molecular weight excluding hydrogens is 463 g/mol. The minimum Gasteiger partial charge on any atom is -0.355 e. The van der Waals surface area contributed by atoms with E-state index in [1.807, 2.05) is 18.2 Å². The number of amides is 1. The van der Waals surface area contributed by atoms with Crippen LogP contribution in [0.3, 0.4) is 0 Å². The lowest BCUT2D eigenvalue weighted by Crippen LogP contribution is -2.45. The van der Waals surface area contributed by atoms with E-state index in [0.29, 0.717) is 47.5 Å². The maximum Gasteiger partial charge on any atom is 0.243 e. The van der Waals surface area contributed by atoms with Gasteiger partial charge in [0.25, 0.3) is 0 Å². The molecule has 1 aliphatic heterocycles. The zero-order valence-electron chi connectivity index (χ0n) is 16.4. The van der Waals surface area contributed by atoms with E-state index in [1.54, 1.807) is 42.1 Å². The molecule has 162 valence electrons. The van der Waals surface area contributed by atoms with E-state index in [9.17, 15) is 13.2 Å². The van der Waals surface area contributed by atoms with Crippen molar-refractivity contribution in [3.8, 4) is 0 Å². The Morgan fingerprint density at radius 2 is 1.80 bits per heavy atom. The van der Waals surface area contributed by atoms with Crippen LogP contribution >= 0.6 is 35.0 Å². The molecule has 1 heterocycles. The van der Waals surface area contributed by atoms with Crippen LogP contribution in [0.4, 0.5) is 0 Å². The zero-order chi connectivity index (χ0) is 21.6. The Morgan fingerprint density at radius 1 is 1.10 bits per heavy atom. The van der Waals surface area contributed by atoms with E-state index in [1.165, 1.54) is 4.31 Å². The van der Waals surface area contributed by atoms with Crippen LogP contribution in [-0.2, 0) is 20.6 Å². The predicted molar refractivity (Wildman–Crippen MR) is 124 cm³/mol. The number of nitrogens with zero attached hydrogens (tertiary/aromatic N) is 1. The molecule has 5 nitrogen and oxygen atoms in total. The summed E-state index contributed by atoms with van der Waals surface area (Å²) >= 11 is 14.0. The average molecular weight is 487 g/mol. The summed E-state index contributed by atoms with van der Waals surface area (Å²) < 4.78 is 27.0. The van der Waals surface area contributed by atoms with E-state index >= 15 is 0 Å². The molecule has 0 aliphatic carbocycles. The number of rotatable bonds is 8. The summed E-state index contributed by atoms with van der Waals surface area (Å²) in [6.07, 6.45) is 1.36. The molecule has 2 aromatic rings. The Balaban J connectivity index is 1.46. The monoisotopic (exact) mass is 486 g/mol. The third-order valence-corrected chi connectivity index (χ3v) is 8.56. The number of thioether (sulfide) groups is 1. The van der Waals surface area contributed by atoms with Gasteiger partial charge in [0.15, 0.2) is 0 Å². The molecule has 0 aromatic heterocycles. The van der Waals surface area contributed by atoms with Crippen LogP contribution in [0.5, 0.6) is 0 Å². The van der Waals surface area contributed by atoms with Gasteiger partial charge in [-0.3, -0.25) is 4.79 Å². The molecular formula is C21H24Cl2N2O3S2. The Labute approximate surface area is 192 Å². The van der Waals surface area contributed by atoms with Gasteiger partial charge >= 0.3 is 0 Å². The van der Waals surface area contributed by atoms with Crippen molar-refractivity contribution in [3.63, 3.8) is 0 Å². The first kappa shape index (κ1) is 23.4. The Morgan fingerprint density at radius 3 is 2.50 bits per heavy atom. The quantitative estimate of drug-likeness (QED) is 0.559. The van der Waals surface area contributed by atoms with Crippen molar-refractivity contribution in [3.05, 3.63) is 64.1 Å². The minimum absolute atomic E-state index is 0.0978. The van der Waals surface area contributed by atoms with Gasteiger partial charge in [-0.25, -0.2) is 8.42 Å². The van der Waals surface area contributed by atoms with E-state index in [-0.39, 0.29) is 23.3 Å². The lowest BCUT2D eigenvalue weighted by atomic mass is 9.99. The van der Waals surface area contributed by atoms with Gasteiger partial charge in [0, 0.05) is 41.2 Å². The van der Waals surface area contributed by atoms with Crippen molar-refractivity contribution in [1.29, 1.82) is 0 Å². The van der Waals surface area contributed by atoms with Crippen molar-refractivity contribution < 1.29 is 13.2 Å². The SMILES string of the molecule is O=C(NCCSCc1c(Cl)cccc1Cl)[C@@H]1CCCN(S(=O)(=O)c2ccccc2)C1. The summed E-state index contributed by atoms with van der Waals surface area (Å²) in [5.74, 6) is 0.951. The summed E-state index contributed by atoms with van der Waals surface area (Å²) in [5, 5.41) is 4.21. The average Bonchev–Trinajstić information content (AvgIpc) is 2.76. The lowest BCUT2D eigenvalue weighted by molar-refractivity contribution is -0.125. The summed E-state index contributed by atoms with van der Waals surface area (Å²) in [6, 6.07) is 13.8. The molecule has 0 radical (unpaired) electrons. The maximum atomic E-state index is 12.8. The molecule has 1 aliphatic rings. The molecule has 0 unspecified atom stereocenters. The second-order valence-corrected chi connectivity index (χ2v) is 10.9. The van der Waals surface area contributed by atoms with Gasteiger partial charge in [0.05, 0.1) is 10.8 Å². The van der Waals surface area contributed by atoms with Crippen LogP contribution in [0.2, 0.25) is 10.0 Å². The third kappa shape index (κ3) is 5.92. The molecule has 2 aromatic carbocycles. The Bertz CT molecular complexity index is 951. The number of piperidine rings is 1. The van der Waals surface area contributed by atoms with Crippen LogP contribution in [-0.4, -0.2) is 44.0 Å². The van der Waals surface area contributed by atoms with Gasteiger partial charge in [-0.1, -0.05) is 47.5 Å². The first-order valence-electron chi connectivity index (χ1n) is 9.73. The fourth-order valence-corrected chi connectivity index (χ4v) is 6.49. The first-order chi connectivity index (χ1) is 14.4. The highest BCUT2D eigenvalue weighted by Crippen LogP contribution is 2.28. The molecule has 0 spiro atoms. The van der Waals surface area contributed by atoms with Crippen LogP contribution in [0, 0.1) is 5.92 Å². The molecule has 1 fully saturated rings. The summed E-state index contributed by atoms with van der Waals surface area (Å²) in [4.78, 5) is 12.8. The number of carbonyl (C=O) groups excluding carboxylic acids is 1. The van der Waals surface area contributed by atoms with Gasteiger partial charge < -0.3 is 5.32 Å². The zero-order valence-corrected chi connectivity index (χ0v) is 19.5. The molecule has 30 heavy (non-hydrogen) atoms. The van der Waals surface area contributed by atoms with Gasteiger partial charge in [0.2, 0.25) is 15.9 Å². The van der Waals surface area contributed by atoms with Crippen molar-refractivity contribution in [2.24, 2.45) is 5.92 Å². The first-order valence-corrected chi connectivity index (χ1v) is 13.1. The highest BCUT2D eigenvalue weighted by atomic mass is 35.5. The number of carbonyl (C=O) groups is 1. The molecule has 1 N–H and O–H groups in total.